The predicted molar refractivity (Wildman–Crippen MR) is 141 cm³/mol. The Hall–Kier alpha value is -4.11. The third-order valence-corrected chi connectivity index (χ3v) is 6.77. The number of aromatic nitrogens is 3. The van der Waals surface area contributed by atoms with Crippen LogP contribution in [0.1, 0.15) is 5.56 Å². The third-order valence-electron chi connectivity index (χ3n) is 5.84. The van der Waals surface area contributed by atoms with Crippen molar-refractivity contribution in [2.75, 3.05) is 30.3 Å². The van der Waals surface area contributed by atoms with Gasteiger partial charge in [0.2, 0.25) is 11.8 Å². The number of anilines is 1. The SMILES string of the molecule is O=C(CSc1nnc(-c2ccccc2)n1-c1ccccc1)NCc1ccc(N2CCNC(=O)C2)cc1. The van der Waals surface area contributed by atoms with E-state index >= 15 is 0 Å². The number of nitrogens with one attached hydrogen (secondary N) is 2. The number of hydrogen-bond donors (Lipinski definition) is 2. The molecule has 1 aliphatic rings. The Morgan fingerprint density at radius 3 is 2.36 bits per heavy atom. The van der Waals surface area contributed by atoms with Crippen LogP contribution < -0.4 is 15.5 Å². The summed E-state index contributed by atoms with van der Waals surface area (Å²) in [5.74, 6) is 0.909. The molecule has 2 heterocycles. The highest BCUT2D eigenvalue weighted by molar-refractivity contribution is 7.99. The molecule has 0 spiro atoms. The first-order valence-electron chi connectivity index (χ1n) is 11.7. The van der Waals surface area contributed by atoms with E-state index in [1.54, 1.807) is 0 Å². The fourth-order valence-corrected chi connectivity index (χ4v) is 4.79. The van der Waals surface area contributed by atoms with Crippen molar-refractivity contribution in [1.82, 2.24) is 25.4 Å². The minimum atomic E-state index is -0.0827. The average Bonchev–Trinajstić information content (AvgIpc) is 3.36. The Kier molecular flexibility index (Phi) is 7.28. The van der Waals surface area contributed by atoms with E-state index in [-0.39, 0.29) is 17.6 Å². The first-order valence-corrected chi connectivity index (χ1v) is 12.7. The number of carbonyl (C=O) groups is 2. The Morgan fingerprint density at radius 2 is 1.64 bits per heavy atom. The van der Waals surface area contributed by atoms with Crippen molar-refractivity contribution in [3.8, 4) is 17.1 Å². The molecule has 1 fully saturated rings. The molecule has 0 atom stereocenters. The molecule has 9 heteroatoms. The maximum Gasteiger partial charge on any atom is 0.239 e. The lowest BCUT2D eigenvalue weighted by Crippen LogP contribution is -2.47. The van der Waals surface area contributed by atoms with Gasteiger partial charge in [-0.05, 0) is 29.8 Å². The fourth-order valence-electron chi connectivity index (χ4n) is 4.01. The van der Waals surface area contributed by atoms with Gasteiger partial charge in [-0.3, -0.25) is 14.2 Å². The van der Waals surface area contributed by atoms with Crippen molar-refractivity contribution in [3.05, 3.63) is 90.5 Å². The highest BCUT2D eigenvalue weighted by Crippen LogP contribution is 2.27. The van der Waals surface area contributed by atoms with Gasteiger partial charge >= 0.3 is 0 Å². The third kappa shape index (κ3) is 5.58. The summed E-state index contributed by atoms with van der Waals surface area (Å²) in [4.78, 5) is 26.3. The molecule has 1 aliphatic heterocycles. The Balaban J connectivity index is 1.21. The van der Waals surface area contributed by atoms with Crippen LogP contribution in [0.5, 0.6) is 0 Å². The summed E-state index contributed by atoms with van der Waals surface area (Å²) in [6.07, 6.45) is 0. The van der Waals surface area contributed by atoms with E-state index in [4.69, 9.17) is 0 Å². The standard InChI is InChI=1S/C27H26N6O2S/c34-24-18-32(16-15-28-24)22-13-11-20(12-14-22)17-29-25(35)19-36-27-31-30-26(21-7-3-1-4-8-21)33(27)23-9-5-2-6-10-23/h1-14H,15-19H2,(H,28,34)(H,29,35). The van der Waals surface area contributed by atoms with Crippen LogP contribution in [0.2, 0.25) is 0 Å². The van der Waals surface area contributed by atoms with Gasteiger partial charge in [-0.2, -0.15) is 0 Å². The second kappa shape index (κ2) is 11.1. The van der Waals surface area contributed by atoms with Crippen molar-refractivity contribution in [3.63, 3.8) is 0 Å². The molecule has 0 bridgehead atoms. The van der Waals surface area contributed by atoms with Gasteiger partial charge in [-0.1, -0.05) is 72.4 Å². The number of rotatable bonds is 8. The van der Waals surface area contributed by atoms with Crippen LogP contribution in [0.25, 0.3) is 17.1 Å². The lowest BCUT2D eigenvalue weighted by Gasteiger charge is -2.28. The molecule has 2 amide bonds. The lowest BCUT2D eigenvalue weighted by molar-refractivity contribution is -0.120. The van der Waals surface area contributed by atoms with Gasteiger partial charge in [-0.15, -0.1) is 10.2 Å². The summed E-state index contributed by atoms with van der Waals surface area (Å²) in [5, 5.41) is 15.3. The fraction of sp³-hybridized carbons (Fsp3) is 0.185. The van der Waals surface area contributed by atoms with Gasteiger partial charge in [0, 0.05) is 36.6 Å². The van der Waals surface area contributed by atoms with E-state index < -0.39 is 0 Å². The zero-order chi connectivity index (χ0) is 24.7. The number of benzene rings is 3. The van der Waals surface area contributed by atoms with Crippen molar-refractivity contribution < 1.29 is 9.59 Å². The first-order chi connectivity index (χ1) is 17.7. The van der Waals surface area contributed by atoms with Crippen LogP contribution in [0.3, 0.4) is 0 Å². The zero-order valence-electron chi connectivity index (χ0n) is 19.6. The number of carbonyl (C=O) groups excluding carboxylic acids is 2. The number of hydrogen-bond acceptors (Lipinski definition) is 6. The van der Waals surface area contributed by atoms with Gasteiger partial charge in [0.1, 0.15) is 0 Å². The monoisotopic (exact) mass is 498 g/mol. The molecule has 1 aromatic heterocycles. The molecule has 2 N–H and O–H groups in total. The van der Waals surface area contributed by atoms with Crippen molar-refractivity contribution in [1.29, 1.82) is 0 Å². The number of piperazine rings is 1. The van der Waals surface area contributed by atoms with Crippen molar-refractivity contribution in [2.24, 2.45) is 0 Å². The van der Waals surface area contributed by atoms with Crippen molar-refractivity contribution in [2.45, 2.75) is 11.7 Å². The Bertz CT molecular complexity index is 1330. The summed E-state index contributed by atoms with van der Waals surface area (Å²) < 4.78 is 1.98. The van der Waals surface area contributed by atoms with E-state index in [1.807, 2.05) is 94.4 Å². The van der Waals surface area contributed by atoms with Crippen LogP contribution in [0, 0.1) is 0 Å². The van der Waals surface area contributed by atoms with Gasteiger partial charge in [0.15, 0.2) is 11.0 Å². The summed E-state index contributed by atoms with van der Waals surface area (Å²) in [6.45, 7) is 2.24. The lowest BCUT2D eigenvalue weighted by atomic mass is 10.2. The molecule has 36 heavy (non-hydrogen) atoms. The number of thioether (sulfide) groups is 1. The van der Waals surface area contributed by atoms with E-state index in [1.165, 1.54) is 11.8 Å². The minimum Gasteiger partial charge on any atom is -0.360 e. The zero-order valence-corrected chi connectivity index (χ0v) is 20.4. The molecule has 0 saturated carbocycles. The minimum absolute atomic E-state index is 0.0362. The second-order valence-electron chi connectivity index (χ2n) is 8.35. The molecule has 3 aromatic carbocycles. The largest absolute Gasteiger partial charge is 0.360 e. The van der Waals surface area contributed by atoms with Crippen LogP contribution >= 0.6 is 11.8 Å². The normalized spacial score (nSPS) is 13.3. The van der Waals surface area contributed by atoms with Crippen molar-refractivity contribution >= 4 is 29.3 Å². The van der Waals surface area contributed by atoms with E-state index in [0.717, 1.165) is 34.9 Å². The molecule has 5 rings (SSSR count). The number of nitrogens with zero attached hydrogens (tertiary/aromatic N) is 4. The van der Waals surface area contributed by atoms with Gasteiger partial charge in [0.05, 0.1) is 12.3 Å². The molecular weight excluding hydrogens is 472 g/mol. The van der Waals surface area contributed by atoms with Gasteiger partial charge in [0.25, 0.3) is 0 Å². The van der Waals surface area contributed by atoms with Gasteiger partial charge < -0.3 is 15.5 Å². The number of para-hydroxylation sites is 1. The smallest absolute Gasteiger partial charge is 0.239 e. The Labute approximate surface area is 213 Å². The highest BCUT2D eigenvalue weighted by atomic mass is 32.2. The molecule has 182 valence electrons. The molecule has 0 unspecified atom stereocenters. The van der Waals surface area contributed by atoms with Crippen LogP contribution in [-0.2, 0) is 16.1 Å². The maximum absolute atomic E-state index is 12.6. The molecule has 8 nitrogen and oxygen atoms in total. The van der Waals surface area contributed by atoms with E-state index in [2.05, 4.69) is 20.8 Å². The summed E-state index contributed by atoms with van der Waals surface area (Å²) in [5.41, 5.74) is 3.90. The highest BCUT2D eigenvalue weighted by Gasteiger charge is 2.18. The molecule has 4 aromatic rings. The van der Waals surface area contributed by atoms with E-state index in [9.17, 15) is 9.59 Å². The van der Waals surface area contributed by atoms with Crippen LogP contribution in [-0.4, -0.2) is 52.0 Å². The summed E-state index contributed by atoms with van der Waals surface area (Å²) in [7, 11) is 0. The Morgan fingerprint density at radius 1 is 0.917 bits per heavy atom. The quantitative estimate of drug-likeness (QED) is 0.362. The average molecular weight is 499 g/mol. The summed E-state index contributed by atoms with van der Waals surface area (Å²) in [6, 6.07) is 27.7. The second-order valence-corrected chi connectivity index (χ2v) is 9.29. The molecule has 0 radical (unpaired) electrons. The molecule has 0 aliphatic carbocycles. The topological polar surface area (TPSA) is 92.2 Å². The number of amides is 2. The maximum atomic E-state index is 12.6. The van der Waals surface area contributed by atoms with E-state index in [0.29, 0.717) is 24.8 Å². The van der Waals surface area contributed by atoms with Gasteiger partial charge in [-0.25, -0.2) is 0 Å². The molecule has 1 saturated heterocycles. The predicted octanol–water partition coefficient (Wildman–Crippen LogP) is 3.28. The first kappa shape index (κ1) is 23.6. The van der Waals surface area contributed by atoms with Crippen LogP contribution in [0.4, 0.5) is 5.69 Å². The summed E-state index contributed by atoms with van der Waals surface area (Å²) >= 11 is 1.35. The van der Waals surface area contributed by atoms with Crippen LogP contribution in [0.15, 0.2) is 90.1 Å². The molecular formula is C27H26N6O2S.